The summed E-state index contributed by atoms with van der Waals surface area (Å²) in [5.41, 5.74) is 0.490. The quantitative estimate of drug-likeness (QED) is 0.867. The first kappa shape index (κ1) is 15.5. The molecule has 1 N–H and O–H groups in total. The van der Waals surface area contributed by atoms with E-state index in [0.717, 1.165) is 5.39 Å². The number of nitrogens with one attached hydrogen (secondary N) is 1. The number of aryl methyl sites for hydroxylation is 1. The molecule has 2 rings (SSSR count). The predicted octanol–water partition coefficient (Wildman–Crippen LogP) is 1.21. The highest BCUT2D eigenvalue weighted by atomic mass is 35.5. The average molecular weight is 302 g/mol. The van der Waals surface area contributed by atoms with Gasteiger partial charge in [0.15, 0.2) is 0 Å². The minimum absolute atomic E-state index is 0. The molecule has 0 bridgehead atoms. The zero-order valence-corrected chi connectivity index (χ0v) is 11.8. The Bertz CT molecular complexity index is 655. The third kappa shape index (κ3) is 3.24. The zero-order chi connectivity index (χ0) is 13.1. The molecule has 2 aromatic rings. The monoisotopic (exact) mass is 301 g/mol. The topological polar surface area (TPSA) is 64.0 Å². The Hall–Kier alpha value is -1.59. The van der Waals surface area contributed by atoms with E-state index in [2.05, 4.69) is 10.4 Å². The summed E-state index contributed by atoms with van der Waals surface area (Å²) in [5, 5.41) is 8.13. The van der Waals surface area contributed by atoms with Gasteiger partial charge < -0.3 is 5.32 Å². The normalized spacial score (nSPS) is 10.0. The first-order chi connectivity index (χ1) is 8.63. The van der Waals surface area contributed by atoms with Crippen LogP contribution in [0.4, 0.5) is 0 Å². The van der Waals surface area contributed by atoms with Gasteiger partial charge in [0.25, 0.3) is 5.56 Å². The second-order valence-corrected chi connectivity index (χ2v) is 4.10. The van der Waals surface area contributed by atoms with Gasteiger partial charge in [-0.1, -0.05) is 18.2 Å². The van der Waals surface area contributed by atoms with Crippen molar-refractivity contribution < 1.29 is 4.79 Å². The maximum absolute atomic E-state index is 11.9. The first-order valence-corrected chi connectivity index (χ1v) is 5.94. The van der Waals surface area contributed by atoms with E-state index in [0.29, 0.717) is 11.1 Å². The molecular formula is C12H13Cl2N3O2. The molecular weight excluding hydrogens is 289 g/mol. The van der Waals surface area contributed by atoms with E-state index in [4.69, 9.17) is 11.6 Å². The van der Waals surface area contributed by atoms with E-state index in [1.807, 2.05) is 12.1 Å². The molecule has 1 aromatic carbocycles. The number of amides is 1. The van der Waals surface area contributed by atoms with Crippen molar-refractivity contribution in [2.75, 3.05) is 5.88 Å². The number of carbonyl (C=O) groups excluding carboxylic acids is 1. The molecule has 0 aliphatic carbocycles. The Morgan fingerprint density at radius 3 is 2.63 bits per heavy atom. The lowest BCUT2D eigenvalue weighted by Gasteiger charge is -2.08. The Labute approximate surface area is 121 Å². The van der Waals surface area contributed by atoms with Crippen LogP contribution in [0.1, 0.15) is 5.69 Å². The fourth-order valence-corrected chi connectivity index (χ4v) is 1.83. The molecule has 1 heterocycles. The second kappa shape index (κ2) is 6.54. The molecule has 0 saturated carbocycles. The van der Waals surface area contributed by atoms with Crippen molar-refractivity contribution in [3.8, 4) is 0 Å². The van der Waals surface area contributed by atoms with E-state index in [-0.39, 0.29) is 36.3 Å². The SMILES string of the molecule is Cl.Cn1nc(CNC(=O)CCl)c2ccccc2c1=O. The van der Waals surface area contributed by atoms with Gasteiger partial charge in [0.05, 0.1) is 17.6 Å². The van der Waals surface area contributed by atoms with Crippen molar-refractivity contribution in [3.05, 3.63) is 40.3 Å². The molecule has 0 spiro atoms. The van der Waals surface area contributed by atoms with E-state index in [1.54, 1.807) is 19.2 Å². The number of aromatic nitrogens is 2. The molecule has 102 valence electrons. The van der Waals surface area contributed by atoms with Gasteiger partial charge in [0.1, 0.15) is 5.88 Å². The van der Waals surface area contributed by atoms with Gasteiger partial charge in [0.2, 0.25) is 5.91 Å². The number of fused-ring (bicyclic) bond motifs is 1. The molecule has 0 unspecified atom stereocenters. The molecule has 1 aromatic heterocycles. The number of nitrogens with zero attached hydrogens (tertiary/aromatic N) is 2. The van der Waals surface area contributed by atoms with E-state index >= 15 is 0 Å². The van der Waals surface area contributed by atoms with Crippen molar-refractivity contribution in [3.63, 3.8) is 0 Å². The van der Waals surface area contributed by atoms with Gasteiger partial charge in [-0.3, -0.25) is 9.59 Å². The lowest BCUT2D eigenvalue weighted by molar-refractivity contribution is -0.118. The summed E-state index contributed by atoms with van der Waals surface area (Å²) in [4.78, 5) is 23.0. The van der Waals surface area contributed by atoms with Crippen LogP contribution in [0.15, 0.2) is 29.1 Å². The lowest BCUT2D eigenvalue weighted by Crippen LogP contribution is -2.27. The fraction of sp³-hybridized carbons (Fsp3) is 0.250. The van der Waals surface area contributed by atoms with Crippen LogP contribution in [-0.2, 0) is 18.4 Å². The van der Waals surface area contributed by atoms with Crippen LogP contribution >= 0.6 is 24.0 Å². The summed E-state index contributed by atoms with van der Waals surface area (Å²) in [6.07, 6.45) is 0. The Kier molecular flexibility index (Phi) is 5.32. The van der Waals surface area contributed by atoms with Gasteiger partial charge in [-0.05, 0) is 6.07 Å². The van der Waals surface area contributed by atoms with Crippen molar-refractivity contribution in [2.45, 2.75) is 6.54 Å². The number of rotatable bonds is 3. The maximum atomic E-state index is 11.9. The molecule has 5 nitrogen and oxygen atoms in total. The number of benzene rings is 1. The van der Waals surface area contributed by atoms with Crippen LogP contribution in [0, 0.1) is 0 Å². The standard InChI is InChI=1S/C12H12ClN3O2.ClH/c1-16-12(18)9-5-3-2-4-8(9)10(15-16)7-14-11(17)6-13;/h2-5H,6-7H2,1H3,(H,14,17);1H. The lowest BCUT2D eigenvalue weighted by atomic mass is 10.1. The van der Waals surface area contributed by atoms with Crippen LogP contribution in [0.5, 0.6) is 0 Å². The predicted molar refractivity (Wildman–Crippen MR) is 76.8 cm³/mol. The van der Waals surface area contributed by atoms with Crippen LogP contribution in [-0.4, -0.2) is 21.6 Å². The van der Waals surface area contributed by atoms with Crippen LogP contribution in [0.3, 0.4) is 0 Å². The van der Waals surface area contributed by atoms with Gasteiger partial charge in [-0.2, -0.15) is 5.10 Å². The van der Waals surface area contributed by atoms with Crippen molar-refractivity contribution in [1.82, 2.24) is 15.1 Å². The molecule has 1 amide bonds. The smallest absolute Gasteiger partial charge is 0.274 e. The highest BCUT2D eigenvalue weighted by Gasteiger charge is 2.08. The summed E-state index contributed by atoms with van der Waals surface area (Å²) in [7, 11) is 1.58. The molecule has 0 saturated heterocycles. The molecule has 0 radical (unpaired) electrons. The van der Waals surface area contributed by atoms with Crippen LogP contribution in [0.25, 0.3) is 10.8 Å². The van der Waals surface area contributed by atoms with E-state index < -0.39 is 0 Å². The molecule has 0 atom stereocenters. The first-order valence-electron chi connectivity index (χ1n) is 5.41. The zero-order valence-electron chi connectivity index (χ0n) is 10.2. The van der Waals surface area contributed by atoms with Gasteiger partial charge in [0, 0.05) is 12.4 Å². The number of halogens is 2. The summed E-state index contributed by atoms with van der Waals surface area (Å²) >= 11 is 5.41. The number of carbonyl (C=O) groups is 1. The maximum Gasteiger partial charge on any atom is 0.274 e. The molecule has 7 heteroatoms. The summed E-state index contributed by atoms with van der Waals surface area (Å²) < 4.78 is 1.27. The Morgan fingerprint density at radius 2 is 2.00 bits per heavy atom. The second-order valence-electron chi connectivity index (χ2n) is 3.83. The average Bonchev–Trinajstić information content (AvgIpc) is 2.41. The molecule has 0 aliphatic heterocycles. The third-order valence-electron chi connectivity index (χ3n) is 2.61. The number of hydrogen-bond acceptors (Lipinski definition) is 3. The van der Waals surface area contributed by atoms with Gasteiger partial charge in [-0.25, -0.2) is 4.68 Å². The highest BCUT2D eigenvalue weighted by Crippen LogP contribution is 2.12. The van der Waals surface area contributed by atoms with Crippen LogP contribution < -0.4 is 10.9 Å². The fourth-order valence-electron chi connectivity index (χ4n) is 1.74. The minimum atomic E-state index is -0.267. The Balaban J connectivity index is 0.00000180. The van der Waals surface area contributed by atoms with Crippen LogP contribution in [0.2, 0.25) is 0 Å². The van der Waals surface area contributed by atoms with E-state index in [1.165, 1.54) is 4.68 Å². The summed E-state index contributed by atoms with van der Waals surface area (Å²) in [6.45, 7) is 0.250. The van der Waals surface area contributed by atoms with E-state index in [9.17, 15) is 9.59 Å². The highest BCUT2D eigenvalue weighted by molar-refractivity contribution is 6.27. The largest absolute Gasteiger partial charge is 0.349 e. The van der Waals surface area contributed by atoms with Crippen molar-refractivity contribution >= 4 is 40.7 Å². The summed E-state index contributed by atoms with van der Waals surface area (Å²) in [6, 6.07) is 7.18. The van der Waals surface area contributed by atoms with Crippen molar-refractivity contribution in [2.24, 2.45) is 7.05 Å². The van der Waals surface area contributed by atoms with Gasteiger partial charge in [-0.15, -0.1) is 24.0 Å². The molecule has 19 heavy (non-hydrogen) atoms. The van der Waals surface area contributed by atoms with Crippen molar-refractivity contribution in [1.29, 1.82) is 0 Å². The number of alkyl halides is 1. The molecule has 0 fully saturated rings. The molecule has 0 aliphatic rings. The Morgan fingerprint density at radius 1 is 1.37 bits per heavy atom. The summed E-state index contributed by atoms with van der Waals surface area (Å²) in [5.74, 6) is -0.361. The van der Waals surface area contributed by atoms with Gasteiger partial charge >= 0.3 is 0 Å². The number of hydrogen-bond donors (Lipinski definition) is 1. The third-order valence-corrected chi connectivity index (χ3v) is 2.85. The minimum Gasteiger partial charge on any atom is -0.349 e.